The van der Waals surface area contributed by atoms with Gasteiger partial charge in [-0.1, -0.05) is 56.3 Å². The average Bonchev–Trinajstić information content (AvgIpc) is 2.52. The highest BCUT2D eigenvalue weighted by Crippen LogP contribution is 2.26. The van der Waals surface area contributed by atoms with Crippen molar-refractivity contribution in [1.29, 1.82) is 0 Å². The Morgan fingerprint density at radius 1 is 1.17 bits per heavy atom. The van der Waals surface area contributed by atoms with E-state index in [1.54, 1.807) is 0 Å². The van der Waals surface area contributed by atoms with E-state index in [1.165, 1.54) is 0 Å². The van der Waals surface area contributed by atoms with Crippen LogP contribution in [0, 0.1) is 11.8 Å². The van der Waals surface area contributed by atoms with E-state index in [2.05, 4.69) is 13.5 Å². The second-order valence-corrected chi connectivity index (χ2v) is 6.57. The lowest BCUT2D eigenvalue weighted by Gasteiger charge is -2.34. The maximum Gasteiger partial charge on any atom is 0.125 e. The van der Waals surface area contributed by atoms with E-state index in [4.69, 9.17) is 9.47 Å². The molecule has 1 aromatic rings. The Morgan fingerprint density at radius 3 is 2.26 bits per heavy atom. The molecule has 3 heteroatoms. The van der Waals surface area contributed by atoms with Gasteiger partial charge in [0.2, 0.25) is 0 Å². The van der Waals surface area contributed by atoms with Gasteiger partial charge < -0.3 is 14.3 Å². The van der Waals surface area contributed by atoms with Gasteiger partial charge in [0.1, 0.15) is 6.29 Å². The Morgan fingerprint density at radius 2 is 1.78 bits per heavy atom. The number of hydrogen-bond acceptors (Lipinski definition) is 3. The molecule has 1 rings (SSSR count). The van der Waals surface area contributed by atoms with Crippen molar-refractivity contribution in [2.75, 3.05) is 0 Å². The van der Waals surface area contributed by atoms with Gasteiger partial charge in [-0.2, -0.15) is 0 Å². The maximum atomic E-state index is 11.3. The summed E-state index contributed by atoms with van der Waals surface area (Å²) in [5, 5.41) is 0. The average molecular weight is 318 g/mol. The van der Waals surface area contributed by atoms with Gasteiger partial charge in [-0.3, -0.25) is 0 Å². The van der Waals surface area contributed by atoms with Gasteiger partial charge in [0.05, 0.1) is 24.9 Å². The quantitative estimate of drug-likeness (QED) is 0.473. The third-order valence-electron chi connectivity index (χ3n) is 3.92. The van der Waals surface area contributed by atoms with E-state index in [-0.39, 0.29) is 30.1 Å². The summed E-state index contributed by atoms with van der Waals surface area (Å²) >= 11 is 0. The van der Waals surface area contributed by atoms with Crippen LogP contribution in [0.2, 0.25) is 0 Å². The largest absolute Gasteiger partial charge is 0.374 e. The number of hydrogen-bond donors (Lipinski definition) is 0. The third-order valence-corrected chi connectivity index (χ3v) is 3.92. The lowest BCUT2D eigenvalue weighted by molar-refractivity contribution is -0.125. The molecule has 0 saturated heterocycles. The Kier molecular flexibility index (Phi) is 8.21. The first kappa shape index (κ1) is 19.6. The molecule has 0 aromatic heterocycles. The first-order valence-electron chi connectivity index (χ1n) is 8.28. The van der Waals surface area contributed by atoms with Crippen LogP contribution in [0.3, 0.4) is 0 Å². The molecule has 0 aliphatic carbocycles. The molecule has 128 valence electrons. The number of rotatable bonds is 10. The molecule has 0 heterocycles. The van der Waals surface area contributed by atoms with Crippen LogP contribution >= 0.6 is 0 Å². The van der Waals surface area contributed by atoms with Crippen LogP contribution < -0.4 is 0 Å². The Hall–Kier alpha value is -1.45. The molecule has 0 bridgehead atoms. The summed E-state index contributed by atoms with van der Waals surface area (Å²) in [5.41, 5.74) is 2.07. The van der Waals surface area contributed by atoms with E-state index in [9.17, 15) is 4.79 Å². The molecule has 0 unspecified atom stereocenters. The molecule has 4 atom stereocenters. The molecular formula is C20H30O3. The van der Waals surface area contributed by atoms with E-state index in [0.29, 0.717) is 6.61 Å². The molecule has 0 fully saturated rings. The summed E-state index contributed by atoms with van der Waals surface area (Å²) in [4.78, 5) is 11.3. The Bertz CT molecular complexity index is 481. The molecule has 1 aromatic carbocycles. The number of carbonyl (C=O) groups excluding carboxylic acids is 1. The SMILES string of the molecule is C=C(C)[C@@H](OCc1ccccc1)[C@H](C)[C@@H](OC(C)C)[C@H](C)C=O. The molecule has 23 heavy (non-hydrogen) atoms. The van der Waals surface area contributed by atoms with E-state index in [0.717, 1.165) is 17.4 Å². The standard InChI is InChI=1S/C20H30O3/c1-14(2)19(22-13-18-10-8-7-9-11-18)17(6)20(16(5)12-21)23-15(3)4/h7-12,15-17,19-20H,1,13H2,2-6H3/t16-,17+,19-,20+/m1/s1. The zero-order valence-corrected chi connectivity index (χ0v) is 15.0. The summed E-state index contributed by atoms with van der Waals surface area (Å²) in [6.45, 7) is 14.5. The highest BCUT2D eigenvalue weighted by atomic mass is 16.5. The molecular weight excluding hydrogens is 288 g/mol. The summed E-state index contributed by atoms with van der Waals surface area (Å²) in [6, 6.07) is 10.1. The second kappa shape index (κ2) is 9.64. The van der Waals surface area contributed by atoms with E-state index in [1.807, 2.05) is 58.0 Å². The molecule has 3 nitrogen and oxygen atoms in total. The van der Waals surface area contributed by atoms with Gasteiger partial charge in [0, 0.05) is 11.8 Å². The minimum Gasteiger partial charge on any atom is -0.374 e. The highest BCUT2D eigenvalue weighted by Gasteiger charge is 2.32. The first-order valence-corrected chi connectivity index (χ1v) is 8.28. The number of aldehydes is 1. The zero-order chi connectivity index (χ0) is 17.4. The van der Waals surface area contributed by atoms with Crippen molar-refractivity contribution in [3.63, 3.8) is 0 Å². The van der Waals surface area contributed by atoms with Gasteiger partial charge >= 0.3 is 0 Å². The fourth-order valence-corrected chi connectivity index (χ4v) is 2.79. The van der Waals surface area contributed by atoms with Crippen molar-refractivity contribution < 1.29 is 14.3 Å². The normalized spacial score (nSPS) is 16.6. The Balaban J connectivity index is 2.83. The predicted molar refractivity (Wildman–Crippen MR) is 94.2 cm³/mol. The van der Waals surface area contributed by atoms with E-state index >= 15 is 0 Å². The van der Waals surface area contributed by atoms with Crippen molar-refractivity contribution in [1.82, 2.24) is 0 Å². The smallest absolute Gasteiger partial charge is 0.125 e. The van der Waals surface area contributed by atoms with Crippen LogP contribution in [0.15, 0.2) is 42.5 Å². The number of carbonyl (C=O) groups is 1. The molecule has 0 aliphatic rings. The van der Waals surface area contributed by atoms with Crippen LogP contribution in [-0.4, -0.2) is 24.6 Å². The van der Waals surface area contributed by atoms with Crippen LogP contribution in [0.5, 0.6) is 0 Å². The monoisotopic (exact) mass is 318 g/mol. The molecule has 0 radical (unpaired) electrons. The second-order valence-electron chi connectivity index (χ2n) is 6.57. The minimum absolute atomic E-state index is 0.0406. The lowest BCUT2D eigenvalue weighted by Crippen LogP contribution is -2.40. The van der Waals surface area contributed by atoms with Gasteiger partial charge in [0.25, 0.3) is 0 Å². The van der Waals surface area contributed by atoms with Crippen molar-refractivity contribution in [2.45, 2.75) is 59.5 Å². The van der Waals surface area contributed by atoms with E-state index < -0.39 is 0 Å². The van der Waals surface area contributed by atoms with Gasteiger partial charge in [-0.15, -0.1) is 0 Å². The van der Waals surface area contributed by atoms with Gasteiger partial charge in [0.15, 0.2) is 0 Å². The van der Waals surface area contributed by atoms with Crippen molar-refractivity contribution in [3.8, 4) is 0 Å². The van der Waals surface area contributed by atoms with Crippen LogP contribution in [-0.2, 0) is 20.9 Å². The topological polar surface area (TPSA) is 35.5 Å². The van der Waals surface area contributed by atoms with Crippen LogP contribution in [0.4, 0.5) is 0 Å². The van der Waals surface area contributed by atoms with Crippen molar-refractivity contribution in [3.05, 3.63) is 48.0 Å². The number of benzene rings is 1. The highest BCUT2D eigenvalue weighted by molar-refractivity contribution is 5.54. The molecule has 0 spiro atoms. The lowest BCUT2D eigenvalue weighted by atomic mass is 9.87. The molecule has 0 amide bonds. The molecule has 0 aliphatic heterocycles. The van der Waals surface area contributed by atoms with Gasteiger partial charge in [-0.05, 0) is 26.3 Å². The third kappa shape index (κ3) is 6.28. The van der Waals surface area contributed by atoms with Crippen molar-refractivity contribution >= 4 is 6.29 Å². The first-order chi connectivity index (χ1) is 10.9. The van der Waals surface area contributed by atoms with Crippen LogP contribution in [0.25, 0.3) is 0 Å². The summed E-state index contributed by atoms with van der Waals surface area (Å²) < 4.78 is 12.1. The minimum atomic E-state index is -0.190. The zero-order valence-electron chi connectivity index (χ0n) is 15.0. The van der Waals surface area contributed by atoms with Crippen LogP contribution in [0.1, 0.15) is 40.2 Å². The predicted octanol–water partition coefficient (Wildman–Crippen LogP) is 4.41. The maximum absolute atomic E-state index is 11.3. The van der Waals surface area contributed by atoms with Crippen molar-refractivity contribution in [2.24, 2.45) is 11.8 Å². The summed E-state index contributed by atoms with van der Waals surface area (Å²) in [7, 11) is 0. The van der Waals surface area contributed by atoms with Gasteiger partial charge in [-0.25, -0.2) is 0 Å². The molecule has 0 saturated carbocycles. The fraction of sp³-hybridized carbons (Fsp3) is 0.550. The Labute approximate surface area is 140 Å². The summed E-state index contributed by atoms with van der Waals surface area (Å²) in [5.74, 6) is -0.145. The fourth-order valence-electron chi connectivity index (χ4n) is 2.79. The number of ether oxygens (including phenoxy) is 2. The molecule has 0 N–H and O–H groups in total. The summed E-state index contributed by atoms with van der Waals surface area (Å²) in [6.07, 6.45) is 0.673.